The number of carbonyl (C=O) groups is 1. The number of hydrogen-bond acceptors (Lipinski definition) is 6. The van der Waals surface area contributed by atoms with E-state index in [1.54, 1.807) is 53.8 Å². The van der Waals surface area contributed by atoms with Gasteiger partial charge in [0.25, 0.3) is 11.7 Å². The fourth-order valence-electron chi connectivity index (χ4n) is 3.10. The van der Waals surface area contributed by atoms with Crippen molar-refractivity contribution in [3.63, 3.8) is 0 Å². The second-order valence-corrected chi connectivity index (χ2v) is 6.20. The highest BCUT2D eigenvalue weighted by atomic mass is 16.3. The van der Waals surface area contributed by atoms with Crippen LogP contribution in [0, 0.1) is 5.41 Å². The number of carbonyl (C=O) groups excluding carboxylic acids is 1. The van der Waals surface area contributed by atoms with E-state index in [-0.39, 0.29) is 24.0 Å². The summed E-state index contributed by atoms with van der Waals surface area (Å²) in [4.78, 5) is 31.6. The van der Waals surface area contributed by atoms with Crippen LogP contribution in [0.4, 0.5) is 0 Å². The molecule has 3 N–H and O–H groups in total. The molecule has 4 rings (SSSR count). The standard InChI is InChI=1S/C19H16N6O2/c1-11-13-9-23-18(17-21-7-4-8-22-17)24-14(13)10-25(11)19(27)16(20)12-5-2-3-6-15(12)26/h2-9,11,20,26H,10H2,1H3/p+1. The maximum absolute atomic E-state index is 12.9. The van der Waals surface area contributed by atoms with Crippen LogP contribution in [0.25, 0.3) is 11.6 Å². The Labute approximate surface area is 155 Å². The van der Waals surface area contributed by atoms with E-state index < -0.39 is 5.91 Å². The van der Waals surface area contributed by atoms with Crippen molar-refractivity contribution in [3.05, 3.63) is 65.7 Å². The van der Waals surface area contributed by atoms with Crippen LogP contribution >= 0.6 is 0 Å². The number of fused-ring (bicyclic) bond motifs is 1. The number of hydrogen-bond donors (Lipinski definition) is 1. The van der Waals surface area contributed by atoms with Crippen molar-refractivity contribution in [2.24, 2.45) is 0 Å². The van der Waals surface area contributed by atoms with Gasteiger partial charge in [-0.05, 0) is 19.1 Å². The number of nitrogens with zero attached hydrogens (tertiary/aromatic N) is 5. The molecular weight excluding hydrogens is 344 g/mol. The van der Waals surface area contributed by atoms with Crippen LogP contribution in [-0.2, 0) is 11.3 Å². The molecule has 1 aromatic carbocycles. The van der Waals surface area contributed by atoms with Gasteiger partial charge in [-0.15, -0.1) is 0 Å². The summed E-state index contributed by atoms with van der Waals surface area (Å²) in [5.74, 6) is 0.553. The Kier molecular flexibility index (Phi) is 4.08. The minimum absolute atomic E-state index is 0.156. The van der Waals surface area contributed by atoms with Gasteiger partial charge >= 0.3 is 0 Å². The smallest absolute Gasteiger partial charge is 0.273 e. The monoisotopic (exact) mass is 361 g/mol. The van der Waals surface area contributed by atoms with Gasteiger partial charge in [0, 0.05) is 30.2 Å². The predicted molar refractivity (Wildman–Crippen MR) is 98.4 cm³/mol. The maximum Gasteiger partial charge on any atom is 0.273 e. The molecule has 8 heteroatoms. The third kappa shape index (κ3) is 2.91. The molecular formula is C19H17N6O2+. The van der Waals surface area contributed by atoms with E-state index in [1.807, 2.05) is 6.92 Å². The zero-order valence-electron chi connectivity index (χ0n) is 14.5. The molecule has 3 heterocycles. The van der Waals surface area contributed by atoms with Crippen molar-refractivity contribution in [2.45, 2.75) is 19.5 Å². The SMILES string of the molecule is CC1c2cnc(-c3ncccn3)nc2CN1C(=O)C(=N)c1ccccc1[OH2+]. The average molecular weight is 361 g/mol. The van der Waals surface area contributed by atoms with E-state index in [0.29, 0.717) is 17.2 Å². The van der Waals surface area contributed by atoms with E-state index in [4.69, 9.17) is 10.5 Å². The van der Waals surface area contributed by atoms with Crippen molar-refractivity contribution < 1.29 is 9.90 Å². The third-order valence-electron chi connectivity index (χ3n) is 4.57. The minimum Gasteiger partial charge on any atom is -0.593 e. The summed E-state index contributed by atoms with van der Waals surface area (Å²) >= 11 is 0. The highest BCUT2D eigenvalue weighted by Crippen LogP contribution is 2.33. The molecule has 134 valence electrons. The molecule has 1 aliphatic rings. The molecule has 0 saturated heterocycles. The fraction of sp³-hybridized carbons (Fsp3) is 0.158. The third-order valence-corrected chi connectivity index (χ3v) is 4.57. The van der Waals surface area contributed by atoms with Crippen LogP contribution in [0.5, 0.6) is 5.75 Å². The Balaban J connectivity index is 1.62. The molecule has 0 spiro atoms. The Morgan fingerprint density at radius 3 is 2.63 bits per heavy atom. The highest BCUT2D eigenvalue weighted by Gasteiger charge is 2.35. The predicted octanol–water partition coefficient (Wildman–Crippen LogP) is 1.84. The second kappa shape index (κ2) is 6.56. The van der Waals surface area contributed by atoms with Gasteiger partial charge in [-0.3, -0.25) is 10.2 Å². The summed E-state index contributed by atoms with van der Waals surface area (Å²) in [6.45, 7) is 2.16. The van der Waals surface area contributed by atoms with Gasteiger partial charge in [0.2, 0.25) is 0 Å². The lowest BCUT2D eigenvalue weighted by Crippen LogP contribution is -2.34. The second-order valence-electron chi connectivity index (χ2n) is 6.20. The number of aromatic nitrogens is 4. The zero-order chi connectivity index (χ0) is 19.0. The van der Waals surface area contributed by atoms with E-state index in [2.05, 4.69) is 19.9 Å². The van der Waals surface area contributed by atoms with Crippen molar-refractivity contribution in [1.82, 2.24) is 24.8 Å². The number of rotatable bonds is 3. The summed E-state index contributed by atoms with van der Waals surface area (Å²) in [5.41, 5.74) is 1.69. The van der Waals surface area contributed by atoms with Gasteiger partial charge in [-0.2, -0.15) is 0 Å². The molecule has 1 aliphatic heterocycles. The van der Waals surface area contributed by atoms with Crippen LogP contribution in [0.2, 0.25) is 0 Å². The van der Waals surface area contributed by atoms with E-state index in [1.165, 1.54) is 0 Å². The first-order chi connectivity index (χ1) is 13.1. The van der Waals surface area contributed by atoms with Gasteiger partial charge < -0.3 is 10.0 Å². The van der Waals surface area contributed by atoms with Crippen molar-refractivity contribution >= 4 is 11.6 Å². The summed E-state index contributed by atoms with van der Waals surface area (Å²) < 4.78 is 0. The molecule has 2 aromatic heterocycles. The zero-order valence-corrected chi connectivity index (χ0v) is 14.5. The lowest BCUT2D eigenvalue weighted by atomic mass is 10.1. The molecule has 8 nitrogen and oxygen atoms in total. The minimum atomic E-state index is -0.433. The number of para-hydroxylation sites is 1. The van der Waals surface area contributed by atoms with Gasteiger partial charge in [-0.25, -0.2) is 19.9 Å². The molecule has 0 fully saturated rings. The highest BCUT2D eigenvalue weighted by molar-refractivity contribution is 6.44. The van der Waals surface area contributed by atoms with Crippen molar-refractivity contribution in [2.75, 3.05) is 0 Å². The van der Waals surface area contributed by atoms with Gasteiger partial charge in [-0.1, -0.05) is 12.1 Å². The fourth-order valence-corrected chi connectivity index (χ4v) is 3.10. The van der Waals surface area contributed by atoms with Crippen molar-refractivity contribution in [1.29, 1.82) is 5.41 Å². The average Bonchev–Trinajstić information content (AvgIpc) is 3.04. The lowest BCUT2D eigenvalue weighted by molar-refractivity contribution is -0.126. The normalized spacial score (nSPS) is 15.4. The number of nitrogens with one attached hydrogen (secondary N) is 1. The first-order valence-electron chi connectivity index (χ1n) is 8.40. The van der Waals surface area contributed by atoms with Crippen LogP contribution in [0.3, 0.4) is 0 Å². The molecule has 0 bridgehead atoms. The summed E-state index contributed by atoms with van der Waals surface area (Å²) in [6.07, 6.45) is 4.93. The van der Waals surface area contributed by atoms with E-state index in [9.17, 15) is 4.79 Å². The van der Waals surface area contributed by atoms with E-state index in [0.717, 1.165) is 11.3 Å². The Morgan fingerprint density at radius 1 is 1.15 bits per heavy atom. The molecule has 0 radical (unpaired) electrons. The van der Waals surface area contributed by atoms with Gasteiger partial charge in [0.05, 0.1) is 18.3 Å². The van der Waals surface area contributed by atoms with E-state index >= 15 is 0 Å². The summed E-state index contributed by atoms with van der Waals surface area (Å²) in [5, 5.41) is 16.2. The lowest BCUT2D eigenvalue weighted by Gasteiger charge is -2.21. The summed E-state index contributed by atoms with van der Waals surface area (Å²) in [6, 6.07) is 8.07. The van der Waals surface area contributed by atoms with Gasteiger partial charge in [0.1, 0.15) is 11.3 Å². The summed E-state index contributed by atoms with van der Waals surface area (Å²) in [7, 11) is 0. The molecule has 1 amide bonds. The first kappa shape index (κ1) is 16.8. The van der Waals surface area contributed by atoms with Crippen LogP contribution in [0.15, 0.2) is 48.9 Å². The Hall–Kier alpha value is -3.68. The Bertz CT molecular complexity index is 1040. The van der Waals surface area contributed by atoms with Gasteiger partial charge in [0.15, 0.2) is 11.6 Å². The molecule has 0 aliphatic carbocycles. The molecule has 3 aromatic rings. The van der Waals surface area contributed by atoms with Crippen LogP contribution in [0.1, 0.15) is 29.8 Å². The molecule has 27 heavy (non-hydrogen) atoms. The quantitative estimate of drug-likeness (QED) is 0.564. The number of amides is 1. The molecule has 1 atom stereocenters. The van der Waals surface area contributed by atoms with Crippen LogP contribution < -0.4 is 0 Å². The number of benzene rings is 1. The molecule has 1 unspecified atom stereocenters. The molecule has 0 saturated carbocycles. The first-order valence-corrected chi connectivity index (χ1v) is 8.40. The largest absolute Gasteiger partial charge is 0.593 e. The topological polar surface area (TPSA) is 119 Å². The van der Waals surface area contributed by atoms with Crippen LogP contribution in [-0.4, -0.2) is 41.6 Å². The Morgan fingerprint density at radius 2 is 1.89 bits per heavy atom. The van der Waals surface area contributed by atoms with Crippen molar-refractivity contribution in [3.8, 4) is 17.4 Å². The maximum atomic E-state index is 12.9.